The van der Waals surface area contributed by atoms with Gasteiger partial charge >= 0.3 is 5.91 Å². The summed E-state index contributed by atoms with van der Waals surface area (Å²) >= 11 is 5.83. The molecule has 0 aliphatic carbocycles. The molecule has 0 radical (unpaired) electrons. The van der Waals surface area contributed by atoms with Gasteiger partial charge in [-0.3, -0.25) is 9.59 Å². The number of amides is 2. The average molecular weight is 448 g/mol. The van der Waals surface area contributed by atoms with Gasteiger partial charge in [-0.25, -0.2) is 9.97 Å². The topological polar surface area (TPSA) is 178 Å². The van der Waals surface area contributed by atoms with Crippen LogP contribution in [-0.2, 0) is 11.2 Å². The Balaban J connectivity index is 1.36. The van der Waals surface area contributed by atoms with Crippen molar-refractivity contribution in [2.75, 3.05) is 31.1 Å². The lowest BCUT2D eigenvalue weighted by atomic mass is 9.88. The van der Waals surface area contributed by atoms with Crippen LogP contribution in [0.1, 0.15) is 34.8 Å². The van der Waals surface area contributed by atoms with Crippen LogP contribution in [0.4, 0.5) is 11.6 Å². The molecular weight excluding hydrogens is 426 g/mol. The Morgan fingerprint density at radius 3 is 2.71 bits per heavy atom. The summed E-state index contributed by atoms with van der Waals surface area (Å²) in [6.07, 6.45) is 1.58. The molecule has 2 aliphatic rings. The van der Waals surface area contributed by atoms with Gasteiger partial charge in [0.05, 0.1) is 17.7 Å². The first kappa shape index (κ1) is 20.8. The molecule has 2 aromatic rings. The minimum absolute atomic E-state index is 0.00435. The fourth-order valence-electron chi connectivity index (χ4n) is 3.66. The van der Waals surface area contributed by atoms with Crippen LogP contribution < -0.4 is 22.1 Å². The molecule has 4 heterocycles. The molecule has 31 heavy (non-hydrogen) atoms. The highest BCUT2D eigenvalue weighted by Gasteiger charge is 2.40. The van der Waals surface area contributed by atoms with Gasteiger partial charge in [0, 0.05) is 25.7 Å². The van der Waals surface area contributed by atoms with Crippen LogP contribution in [-0.4, -0.2) is 63.0 Å². The molecule has 0 atom stereocenters. The zero-order chi connectivity index (χ0) is 22.2. The van der Waals surface area contributed by atoms with E-state index in [2.05, 4.69) is 30.8 Å². The number of nitrogens with two attached hydrogens (primary N) is 2. The van der Waals surface area contributed by atoms with Gasteiger partial charge in [0.2, 0.25) is 5.91 Å². The normalized spacial score (nSPS) is 18.8. The lowest BCUT2D eigenvalue weighted by Gasteiger charge is -2.38. The Morgan fingerprint density at radius 1 is 1.29 bits per heavy atom. The van der Waals surface area contributed by atoms with Gasteiger partial charge in [-0.1, -0.05) is 16.8 Å². The number of nitrogen functional groups attached to an aromatic ring is 2. The second-order valence-corrected chi connectivity index (χ2v) is 8.01. The van der Waals surface area contributed by atoms with Crippen molar-refractivity contribution in [3.8, 4) is 0 Å². The standard InChI is InChI=1S/C18H22ClN9O3/c1-9-6-10(31-27-9)7-11(29)28-4-2-18(3-5-28)8-22-17(26-18)25-16(30)12-14(20)24-15(21)13(19)23-12/h6H,2-5,7-8H2,1H3,(H4,20,21,24)(H2,22,25,26,30). The van der Waals surface area contributed by atoms with Gasteiger partial charge in [0.15, 0.2) is 28.4 Å². The Hall–Kier alpha value is -3.41. The molecule has 0 unspecified atom stereocenters. The van der Waals surface area contributed by atoms with Crippen molar-refractivity contribution in [3.05, 3.63) is 28.4 Å². The van der Waals surface area contributed by atoms with Crippen LogP contribution in [0.5, 0.6) is 0 Å². The highest BCUT2D eigenvalue weighted by Crippen LogP contribution is 2.25. The number of guanidine groups is 1. The third kappa shape index (κ3) is 4.38. The summed E-state index contributed by atoms with van der Waals surface area (Å²) in [6, 6.07) is 1.76. The molecule has 13 heteroatoms. The van der Waals surface area contributed by atoms with Crippen molar-refractivity contribution in [1.29, 1.82) is 0 Å². The smallest absolute Gasteiger partial charge is 0.302 e. The number of nitrogens with zero attached hydrogens (tertiary/aromatic N) is 5. The van der Waals surface area contributed by atoms with E-state index < -0.39 is 5.91 Å². The number of anilines is 2. The van der Waals surface area contributed by atoms with E-state index in [1.54, 1.807) is 11.0 Å². The van der Waals surface area contributed by atoms with E-state index in [-0.39, 0.29) is 40.3 Å². The SMILES string of the molecule is Cc1cc(CC(=O)N2CCC3(CC2)CN/C(=N\C(=O)c2nc(Cl)c(N)nc2N)N3)on1. The van der Waals surface area contributed by atoms with Crippen molar-refractivity contribution in [2.45, 2.75) is 31.7 Å². The van der Waals surface area contributed by atoms with Crippen molar-refractivity contribution >= 4 is 41.0 Å². The van der Waals surface area contributed by atoms with E-state index in [0.717, 1.165) is 5.69 Å². The summed E-state index contributed by atoms with van der Waals surface area (Å²) in [6.45, 7) is 3.54. The second kappa shape index (κ2) is 8.02. The maximum atomic E-state index is 12.5. The van der Waals surface area contributed by atoms with Gasteiger partial charge < -0.3 is 31.5 Å². The Labute approximate surface area is 182 Å². The number of hydrogen-bond acceptors (Lipinski definition) is 8. The molecule has 6 N–H and O–H groups in total. The number of carbonyl (C=O) groups excluding carboxylic acids is 2. The van der Waals surface area contributed by atoms with Crippen LogP contribution in [0.15, 0.2) is 15.6 Å². The molecule has 2 fully saturated rings. The zero-order valence-corrected chi connectivity index (χ0v) is 17.6. The monoisotopic (exact) mass is 447 g/mol. The molecular formula is C18H22ClN9O3. The third-order valence-corrected chi connectivity index (χ3v) is 5.65. The minimum atomic E-state index is -0.686. The van der Waals surface area contributed by atoms with E-state index in [1.807, 2.05) is 6.92 Å². The lowest BCUT2D eigenvalue weighted by Crippen LogP contribution is -2.54. The highest BCUT2D eigenvalue weighted by atomic mass is 35.5. The molecule has 0 saturated carbocycles. The number of rotatable bonds is 3. The van der Waals surface area contributed by atoms with E-state index in [9.17, 15) is 9.59 Å². The first-order valence-corrected chi connectivity index (χ1v) is 10.1. The predicted molar refractivity (Wildman–Crippen MR) is 112 cm³/mol. The molecule has 2 amide bonds. The molecule has 0 aromatic carbocycles. The van der Waals surface area contributed by atoms with Crippen LogP contribution in [0.2, 0.25) is 5.15 Å². The van der Waals surface area contributed by atoms with Gasteiger partial charge in [0.25, 0.3) is 0 Å². The molecule has 164 valence electrons. The van der Waals surface area contributed by atoms with E-state index >= 15 is 0 Å². The first-order chi connectivity index (χ1) is 14.7. The van der Waals surface area contributed by atoms with Crippen LogP contribution in [0.25, 0.3) is 0 Å². The van der Waals surface area contributed by atoms with E-state index in [4.69, 9.17) is 27.6 Å². The zero-order valence-electron chi connectivity index (χ0n) is 16.8. The number of aromatic nitrogens is 3. The fourth-order valence-corrected chi connectivity index (χ4v) is 3.79. The van der Waals surface area contributed by atoms with Gasteiger partial charge in [-0.15, -0.1) is 0 Å². The molecule has 4 rings (SSSR count). The van der Waals surface area contributed by atoms with E-state index in [1.165, 1.54) is 0 Å². The summed E-state index contributed by atoms with van der Waals surface area (Å²) in [4.78, 5) is 38.5. The number of likely N-dealkylation sites (tertiary alicyclic amines) is 1. The number of halogens is 1. The Bertz CT molecular complexity index is 1060. The quantitative estimate of drug-likeness (QED) is 0.495. The van der Waals surface area contributed by atoms with Gasteiger partial charge in [-0.05, 0) is 19.8 Å². The summed E-state index contributed by atoms with van der Waals surface area (Å²) in [5.41, 5.74) is 11.5. The predicted octanol–water partition coefficient (Wildman–Crippen LogP) is -0.116. The van der Waals surface area contributed by atoms with E-state index in [0.29, 0.717) is 44.2 Å². The minimum Gasteiger partial charge on any atom is -0.382 e. The number of aryl methyl sites for hydroxylation is 1. The van der Waals surface area contributed by atoms with Crippen molar-refractivity contribution in [2.24, 2.45) is 4.99 Å². The molecule has 2 aromatic heterocycles. The summed E-state index contributed by atoms with van der Waals surface area (Å²) < 4.78 is 5.13. The molecule has 2 saturated heterocycles. The van der Waals surface area contributed by atoms with Crippen molar-refractivity contribution in [3.63, 3.8) is 0 Å². The lowest BCUT2D eigenvalue weighted by molar-refractivity contribution is -0.132. The maximum absolute atomic E-state index is 12.5. The van der Waals surface area contributed by atoms with Gasteiger partial charge in [-0.2, -0.15) is 4.99 Å². The first-order valence-electron chi connectivity index (χ1n) is 9.68. The van der Waals surface area contributed by atoms with Gasteiger partial charge in [0.1, 0.15) is 5.76 Å². The average Bonchev–Trinajstić information content (AvgIpc) is 3.31. The third-order valence-electron chi connectivity index (χ3n) is 5.37. The number of aliphatic imine (C=N–C) groups is 1. The molecule has 1 spiro atoms. The Kier molecular flexibility index (Phi) is 5.39. The maximum Gasteiger partial charge on any atom is 0.302 e. The molecule has 2 aliphatic heterocycles. The number of hydrogen-bond donors (Lipinski definition) is 4. The molecule has 12 nitrogen and oxygen atoms in total. The molecule has 0 bridgehead atoms. The fraction of sp³-hybridized carbons (Fsp3) is 0.444. The summed E-state index contributed by atoms with van der Waals surface area (Å²) in [5.74, 6) is -0.0151. The highest BCUT2D eigenvalue weighted by molar-refractivity contribution is 6.31. The van der Waals surface area contributed by atoms with Crippen molar-refractivity contribution in [1.82, 2.24) is 30.7 Å². The van der Waals surface area contributed by atoms with Crippen LogP contribution in [0.3, 0.4) is 0 Å². The largest absolute Gasteiger partial charge is 0.382 e. The number of carbonyl (C=O) groups is 2. The second-order valence-electron chi connectivity index (χ2n) is 7.65. The Morgan fingerprint density at radius 2 is 2.03 bits per heavy atom. The number of piperidine rings is 1. The number of nitrogens with one attached hydrogen (secondary N) is 2. The van der Waals surface area contributed by atoms with Crippen LogP contribution >= 0.6 is 11.6 Å². The van der Waals surface area contributed by atoms with Crippen molar-refractivity contribution < 1.29 is 14.1 Å². The van der Waals surface area contributed by atoms with Crippen LogP contribution in [0, 0.1) is 6.92 Å². The summed E-state index contributed by atoms with van der Waals surface area (Å²) in [5, 5.41) is 10.1. The summed E-state index contributed by atoms with van der Waals surface area (Å²) in [7, 11) is 0.